The van der Waals surface area contributed by atoms with Gasteiger partial charge in [0.05, 0.1) is 6.61 Å². The van der Waals surface area contributed by atoms with Crippen molar-refractivity contribution in [3.8, 4) is 0 Å². The van der Waals surface area contributed by atoms with Gasteiger partial charge in [0.2, 0.25) is 0 Å². The molecule has 0 spiro atoms. The predicted molar refractivity (Wildman–Crippen MR) is 79.8 cm³/mol. The maximum atomic E-state index is 11.4. The molecule has 20 heavy (non-hydrogen) atoms. The Morgan fingerprint density at radius 2 is 2.45 bits per heavy atom. The number of nitrogens with one attached hydrogen (secondary N) is 1. The van der Waals surface area contributed by atoms with Crippen LogP contribution < -0.4 is 5.73 Å². The van der Waals surface area contributed by atoms with Crippen LogP contribution >= 0.6 is 11.3 Å². The molecule has 1 aliphatic rings. The van der Waals surface area contributed by atoms with E-state index in [1.54, 1.807) is 11.3 Å². The first-order valence-electron chi connectivity index (χ1n) is 6.86. The fourth-order valence-corrected chi connectivity index (χ4v) is 3.22. The second kappa shape index (κ2) is 7.40. The topological polar surface area (TPSA) is 79.4 Å². The van der Waals surface area contributed by atoms with Crippen LogP contribution in [-0.2, 0) is 16.1 Å². The molecule has 1 aliphatic heterocycles. The Balaban J connectivity index is 1.73. The fraction of sp³-hybridized carbons (Fsp3) is 0.571. The zero-order valence-electron chi connectivity index (χ0n) is 11.5. The van der Waals surface area contributed by atoms with Crippen molar-refractivity contribution in [3.63, 3.8) is 0 Å². The molecule has 1 atom stereocenters. The van der Waals surface area contributed by atoms with Crippen LogP contribution in [0.2, 0.25) is 0 Å². The van der Waals surface area contributed by atoms with Crippen LogP contribution in [0.25, 0.3) is 0 Å². The Hall–Kier alpha value is -1.40. The number of likely N-dealkylation sites (tertiary alicyclic amines) is 1. The summed E-state index contributed by atoms with van der Waals surface area (Å²) in [5.74, 6) is -0.148. The maximum Gasteiger partial charge on any atom is 0.313 e. The van der Waals surface area contributed by atoms with Gasteiger partial charge >= 0.3 is 5.97 Å². The van der Waals surface area contributed by atoms with Crippen LogP contribution in [0.5, 0.6) is 0 Å². The fourth-order valence-electron chi connectivity index (χ4n) is 2.47. The quantitative estimate of drug-likeness (QED) is 0.477. The van der Waals surface area contributed by atoms with Crippen molar-refractivity contribution in [2.45, 2.75) is 25.8 Å². The zero-order valence-corrected chi connectivity index (χ0v) is 12.3. The maximum absolute atomic E-state index is 11.4. The molecule has 6 heteroatoms. The van der Waals surface area contributed by atoms with Crippen LogP contribution in [-0.4, -0.2) is 36.4 Å². The lowest BCUT2D eigenvalue weighted by atomic mass is 9.99. The molecule has 1 aromatic rings. The van der Waals surface area contributed by atoms with E-state index < -0.39 is 5.97 Å². The van der Waals surface area contributed by atoms with Crippen LogP contribution in [0.1, 0.15) is 24.1 Å². The molecule has 0 aromatic carbocycles. The number of carbonyl (C=O) groups is 1. The van der Waals surface area contributed by atoms with Crippen LogP contribution in [0.15, 0.2) is 17.5 Å². The van der Waals surface area contributed by atoms with Gasteiger partial charge < -0.3 is 10.5 Å². The predicted octanol–water partition coefficient (Wildman–Crippen LogP) is 1.83. The van der Waals surface area contributed by atoms with Crippen molar-refractivity contribution in [2.24, 2.45) is 11.7 Å². The van der Waals surface area contributed by atoms with E-state index in [0.29, 0.717) is 12.5 Å². The molecule has 5 nitrogen and oxygen atoms in total. The molecule has 0 aliphatic carbocycles. The van der Waals surface area contributed by atoms with Gasteiger partial charge in [-0.3, -0.25) is 15.1 Å². The van der Waals surface area contributed by atoms with E-state index in [9.17, 15) is 4.79 Å². The molecule has 1 fully saturated rings. The molecule has 1 unspecified atom stereocenters. The van der Waals surface area contributed by atoms with Crippen molar-refractivity contribution >= 4 is 23.1 Å². The largest absolute Gasteiger partial charge is 0.465 e. The van der Waals surface area contributed by atoms with E-state index in [4.69, 9.17) is 15.9 Å². The van der Waals surface area contributed by atoms with Gasteiger partial charge in [-0.25, -0.2) is 0 Å². The summed E-state index contributed by atoms with van der Waals surface area (Å²) >= 11 is 1.78. The Labute approximate surface area is 123 Å². The summed E-state index contributed by atoms with van der Waals surface area (Å²) in [5, 5.41) is 9.16. The Morgan fingerprint density at radius 3 is 3.15 bits per heavy atom. The molecule has 0 amide bonds. The molecule has 0 bridgehead atoms. The number of hydrogen-bond acceptors (Lipinski definition) is 5. The van der Waals surface area contributed by atoms with Crippen LogP contribution in [0.4, 0.5) is 0 Å². The van der Waals surface area contributed by atoms with Crippen molar-refractivity contribution < 1.29 is 9.53 Å². The minimum atomic E-state index is -0.395. The van der Waals surface area contributed by atoms with Crippen molar-refractivity contribution in [1.29, 1.82) is 5.41 Å². The number of rotatable bonds is 6. The summed E-state index contributed by atoms with van der Waals surface area (Å²) in [4.78, 5) is 15.2. The van der Waals surface area contributed by atoms with Gasteiger partial charge in [0.15, 0.2) is 0 Å². The number of hydrogen-bond donors (Lipinski definition) is 2. The second-order valence-corrected chi connectivity index (χ2v) is 6.24. The summed E-state index contributed by atoms with van der Waals surface area (Å²) in [5.41, 5.74) is 5.18. The minimum Gasteiger partial charge on any atom is -0.465 e. The Morgan fingerprint density at radius 1 is 1.60 bits per heavy atom. The summed E-state index contributed by atoms with van der Waals surface area (Å²) in [6.45, 7) is 3.49. The molecule has 1 saturated heterocycles. The third kappa shape index (κ3) is 4.94. The minimum absolute atomic E-state index is 0.106. The van der Waals surface area contributed by atoms with E-state index >= 15 is 0 Å². The van der Waals surface area contributed by atoms with Crippen LogP contribution in [0, 0.1) is 11.3 Å². The van der Waals surface area contributed by atoms with Gasteiger partial charge in [-0.15, -0.1) is 11.3 Å². The molecule has 2 rings (SSSR count). The van der Waals surface area contributed by atoms with E-state index in [1.807, 2.05) is 0 Å². The summed E-state index contributed by atoms with van der Waals surface area (Å²) in [7, 11) is 0. The Kier molecular flexibility index (Phi) is 5.55. The van der Waals surface area contributed by atoms with Gasteiger partial charge in [-0.1, -0.05) is 6.07 Å². The van der Waals surface area contributed by atoms with E-state index in [2.05, 4.69) is 22.4 Å². The van der Waals surface area contributed by atoms with Gasteiger partial charge in [-0.05, 0) is 30.8 Å². The number of thiophene rings is 1. The molecule has 2 heterocycles. The second-order valence-electron chi connectivity index (χ2n) is 5.21. The van der Waals surface area contributed by atoms with Gasteiger partial charge in [0, 0.05) is 23.9 Å². The average molecular weight is 295 g/mol. The molecular formula is C14H21N3O2S. The number of carbonyl (C=O) groups excluding carboxylic acids is 1. The van der Waals surface area contributed by atoms with Gasteiger partial charge in [0.1, 0.15) is 12.3 Å². The highest BCUT2D eigenvalue weighted by Crippen LogP contribution is 2.20. The van der Waals surface area contributed by atoms with Crippen LogP contribution in [0.3, 0.4) is 0 Å². The first kappa shape index (κ1) is 15.0. The van der Waals surface area contributed by atoms with Crippen molar-refractivity contribution in [3.05, 3.63) is 22.4 Å². The highest BCUT2D eigenvalue weighted by molar-refractivity contribution is 7.09. The number of esters is 1. The number of amidine groups is 1. The molecular weight excluding hydrogens is 274 g/mol. The lowest BCUT2D eigenvalue weighted by molar-refractivity contribution is -0.144. The number of piperidine rings is 1. The molecule has 0 radical (unpaired) electrons. The number of nitrogens with two attached hydrogens (primary N) is 1. The normalized spacial score (nSPS) is 19.7. The van der Waals surface area contributed by atoms with Crippen molar-refractivity contribution in [2.75, 3.05) is 19.7 Å². The summed E-state index contributed by atoms with van der Waals surface area (Å²) < 4.78 is 5.19. The van der Waals surface area contributed by atoms with E-state index in [1.165, 1.54) is 4.88 Å². The lowest BCUT2D eigenvalue weighted by Crippen LogP contribution is -2.37. The highest BCUT2D eigenvalue weighted by atomic mass is 32.1. The number of nitrogens with zero attached hydrogens (tertiary/aromatic N) is 1. The van der Waals surface area contributed by atoms with Gasteiger partial charge in [0.25, 0.3) is 0 Å². The molecule has 110 valence electrons. The molecule has 1 aromatic heterocycles. The zero-order chi connectivity index (χ0) is 14.4. The lowest BCUT2D eigenvalue weighted by Gasteiger charge is -2.32. The van der Waals surface area contributed by atoms with E-state index in [-0.39, 0.29) is 12.3 Å². The molecule has 3 N–H and O–H groups in total. The SMILES string of the molecule is N=C(N)CC(=O)OCC1CCCN(Cc2cccs2)C1. The Bertz CT molecular complexity index is 447. The molecule has 0 saturated carbocycles. The average Bonchev–Trinajstić information content (AvgIpc) is 2.89. The first-order chi connectivity index (χ1) is 9.63. The first-order valence-corrected chi connectivity index (χ1v) is 7.74. The third-order valence-corrected chi connectivity index (χ3v) is 4.24. The standard InChI is InChI=1S/C14H21N3O2S/c15-13(16)7-14(18)19-10-11-3-1-5-17(8-11)9-12-4-2-6-20-12/h2,4,6,11H,1,3,5,7-10H2,(H3,15,16). The monoisotopic (exact) mass is 295 g/mol. The summed E-state index contributed by atoms with van der Waals surface area (Å²) in [6.07, 6.45) is 2.13. The smallest absolute Gasteiger partial charge is 0.313 e. The van der Waals surface area contributed by atoms with E-state index in [0.717, 1.165) is 32.5 Å². The summed E-state index contributed by atoms with van der Waals surface area (Å²) in [6, 6.07) is 4.23. The van der Waals surface area contributed by atoms with Crippen molar-refractivity contribution in [1.82, 2.24) is 4.90 Å². The number of ether oxygens (including phenoxy) is 1. The third-order valence-electron chi connectivity index (χ3n) is 3.38. The van der Waals surface area contributed by atoms with Gasteiger partial charge in [-0.2, -0.15) is 0 Å². The highest BCUT2D eigenvalue weighted by Gasteiger charge is 2.21.